The van der Waals surface area contributed by atoms with Crippen molar-refractivity contribution in [2.45, 2.75) is 35.5 Å². The molecule has 2 aromatic rings. The lowest BCUT2D eigenvalue weighted by Gasteiger charge is -2.26. The molecule has 1 saturated heterocycles. The fraction of sp³-hybridized carbons (Fsp3) is 0.409. The summed E-state index contributed by atoms with van der Waals surface area (Å²) in [5.74, 6) is -0.0989. The predicted octanol–water partition coefficient (Wildman–Crippen LogP) is 2.86. The van der Waals surface area contributed by atoms with Crippen LogP contribution in [0, 0.1) is 0 Å². The number of hydrogen-bond donors (Lipinski definition) is 1. The predicted molar refractivity (Wildman–Crippen MR) is 107 cm³/mol. The van der Waals surface area contributed by atoms with Crippen molar-refractivity contribution in [3.05, 3.63) is 65.2 Å². The van der Waals surface area contributed by atoms with E-state index >= 15 is 0 Å². The highest BCUT2D eigenvalue weighted by molar-refractivity contribution is 7.91. The van der Waals surface area contributed by atoms with Gasteiger partial charge in [-0.15, -0.1) is 0 Å². The number of carbonyl (C=O) groups excluding carboxylic acids is 1. The molecule has 5 nitrogen and oxygen atoms in total. The third kappa shape index (κ3) is 2.73. The number of rotatable bonds is 2. The van der Waals surface area contributed by atoms with E-state index < -0.39 is 9.84 Å². The minimum absolute atomic E-state index is 0.0734. The van der Waals surface area contributed by atoms with Gasteiger partial charge in [0.25, 0.3) is 0 Å². The van der Waals surface area contributed by atoms with E-state index in [9.17, 15) is 13.2 Å². The second-order valence-corrected chi connectivity index (χ2v) is 10.3. The van der Waals surface area contributed by atoms with Gasteiger partial charge in [-0.25, -0.2) is 13.2 Å². The third-order valence-corrected chi connectivity index (χ3v) is 8.60. The maximum absolute atomic E-state index is 12.8. The molecule has 5 rings (SSSR count). The molecule has 1 fully saturated rings. The Labute approximate surface area is 165 Å². The van der Waals surface area contributed by atoms with Gasteiger partial charge in [0.05, 0.1) is 10.6 Å². The van der Waals surface area contributed by atoms with Crippen LogP contribution in [-0.4, -0.2) is 44.7 Å². The molecule has 2 amide bonds. The number of nitrogens with zero attached hydrogens (tertiary/aromatic N) is 1. The molecule has 1 spiro atoms. The van der Waals surface area contributed by atoms with Crippen LogP contribution in [0.25, 0.3) is 0 Å². The van der Waals surface area contributed by atoms with Gasteiger partial charge in [0.1, 0.15) is 0 Å². The number of carbonyl (C=O) groups is 1. The molecule has 2 heterocycles. The maximum atomic E-state index is 12.8. The maximum Gasteiger partial charge on any atom is 0.317 e. The lowest BCUT2D eigenvalue weighted by Crippen LogP contribution is -2.42. The van der Waals surface area contributed by atoms with Crippen molar-refractivity contribution in [1.29, 1.82) is 0 Å². The van der Waals surface area contributed by atoms with Crippen LogP contribution in [0.15, 0.2) is 53.4 Å². The molecule has 1 aliphatic carbocycles. The molecular formula is C22H24N2O3S. The molecule has 2 unspecified atom stereocenters. The standard InChI is InChI=1S/C22H24N2O3S/c25-21(23-13-17-14-28(26,27)20-8-4-2-6-18(17)20)24-12-11-22(15-24)10-9-16-5-1-3-7-19(16)22/h1-8,17H,9-15H2,(H,23,25). The van der Waals surface area contributed by atoms with Crippen LogP contribution in [0.4, 0.5) is 4.79 Å². The van der Waals surface area contributed by atoms with Crippen LogP contribution in [0.2, 0.25) is 0 Å². The van der Waals surface area contributed by atoms with E-state index in [1.165, 1.54) is 11.1 Å². The van der Waals surface area contributed by atoms with Gasteiger partial charge in [0, 0.05) is 31.0 Å². The van der Waals surface area contributed by atoms with Gasteiger partial charge in [0.15, 0.2) is 9.84 Å². The Balaban J connectivity index is 1.26. The zero-order valence-corrected chi connectivity index (χ0v) is 16.5. The molecule has 2 aromatic carbocycles. The molecule has 1 N–H and O–H groups in total. The highest BCUT2D eigenvalue weighted by atomic mass is 32.2. The quantitative estimate of drug-likeness (QED) is 0.849. The van der Waals surface area contributed by atoms with Crippen LogP contribution in [0.1, 0.15) is 35.4 Å². The van der Waals surface area contributed by atoms with Gasteiger partial charge >= 0.3 is 6.03 Å². The van der Waals surface area contributed by atoms with Crippen LogP contribution < -0.4 is 5.32 Å². The summed E-state index contributed by atoms with van der Waals surface area (Å²) in [6.07, 6.45) is 3.19. The molecular weight excluding hydrogens is 372 g/mol. The summed E-state index contributed by atoms with van der Waals surface area (Å²) in [7, 11) is -3.24. The van der Waals surface area contributed by atoms with Crippen LogP contribution in [-0.2, 0) is 21.7 Å². The van der Waals surface area contributed by atoms with Crippen molar-refractivity contribution < 1.29 is 13.2 Å². The zero-order valence-electron chi connectivity index (χ0n) is 15.7. The van der Waals surface area contributed by atoms with Gasteiger partial charge in [-0.2, -0.15) is 0 Å². The topological polar surface area (TPSA) is 66.5 Å². The van der Waals surface area contributed by atoms with Gasteiger partial charge in [-0.3, -0.25) is 0 Å². The van der Waals surface area contributed by atoms with E-state index in [2.05, 4.69) is 29.6 Å². The summed E-state index contributed by atoms with van der Waals surface area (Å²) in [6, 6.07) is 15.6. The minimum Gasteiger partial charge on any atom is -0.337 e. The summed E-state index contributed by atoms with van der Waals surface area (Å²) in [6.45, 7) is 1.85. The molecule has 0 saturated carbocycles. The molecule has 3 aliphatic rings. The Kier molecular flexibility index (Phi) is 4.02. The first-order chi connectivity index (χ1) is 13.5. The van der Waals surface area contributed by atoms with E-state index in [1.54, 1.807) is 12.1 Å². The molecule has 0 bridgehead atoms. The smallest absolute Gasteiger partial charge is 0.317 e. The lowest BCUT2D eigenvalue weighted by atomic mass is 9.81. The first-order valence-corrected chi connectivity index (χ1v) is 11.6. The second-order valence-electron chi connectivity index (χ2n) is 8.31. The monoisotopic (exact) mass is 396 g/mol. The van der Waals surface area contributed by atoms with E-state index in [1.807, 2.05) is 17.0 Å². The van der Waals surface area contributed by atoms with Crippen molar-refractivity contribution >= 4 is 15.9 Å². The Morgan fingerprint density at radius 2 is 1.89 bits per heavy atom. The number of amides is 2. The number of hydrogen-bond acceptors (Lipinski definition) is 3. The Hall–Kier alpha value is -2.34. The lowest BCUT2D eigenvalue weighted by molar-refractivity contribution is 0.205. The molecule has 0 aromatic heterocycles. The number of likely N-dealkylation sites (tertiary alicyclic amines) is 1. The van der Waals surface area contributed by atoms with Crippen molar-refractivity contribution in [3.63, 3.8) is 0 Å². The summed E-state index contributed by atoms with van der Waals surface area (Å²) >= 11 is 0. The molecule has 2 aliphatic heterocycles. The van der Waals surface area contributed by atoms with E-state index in [0.717, 1.165) is 37.9 Å². The second kappa shape index (κ2) is 6.34. The van der Waals surface area contributed by atoms with Crippen LogP contribution in [0.3, 0.4) is 0 Å². The Morgan fingerprint density at radius 3 is 2.79 bits per heavy atom. The summed E-state index contributed by atoms with van der Waals surface area (Å²) < 4.78 is 24.7. The molecule has 2 atom stereocenters. The van der Waals surface area contributed by atoms with E-state index in [0.29, 0.717) is 11.4 Å². The highest BCUT2D eigenvalue weighted by Gasteiger charge is 2.45. The van der Waals surface area contributed by atoms with Gasteiger partial charge < -0.3 is 10.2 Å². The Morgan fingerprint density at radius 1 is 1.11 bits per heavy atom. The minimum atomic E-state index is -3.24. The normalized spacial score (nSPS) is 27.0. The largest absolute Gasteiger partial charge is 0.337 e. The van der Waals surface area contributed by atoms with E-state index in [-0.39, 0.29) is 23.1 Å². The van der Waals surface area contributed by atoms with Crippen molar-refractivity contribution in [2.75, 3.05) is 25.4 Å². The zero-order chi connectivity index (χ0) is 19.4. The summed E-state index contributed by atoms with van der Waals surface area (Å²) in [5.41, 5.74) is 3.74. The molecule has 28 heavy (non-hydrogen) atoms. The number of benzene rings is 2. The van der Waals surface area contributed by atoms with Gasteiger partial charge in [-0.05, 0) is 42.0 Å². The van der Waals surface area contributed by atoms with Crippen LogP contribution >= 0.6 is 0 Å². The molecule has 146 valence electrons. The number of urea groups is 1. The van der Waals surface area contributed by atoms with Crippen molar-refractivity contribution in [1.82, 2.24) is 10.2 Å². The van der Waals surface area contributed by atoms with Crippen LogP contribution in [0.5, 0.6) is 0 Å². The van der Waals surface area contributed by atoms with E-state index in [4.69, 9.17) is 0 Å². The Bertz CT molecular complexity index is 1050. The fourth-order valence-electron chi connectivity index (χ4n) is 5.27. The number of nitrogens with one attached hydrogen (secondary N) is 1. The molecule has 6 heteroatoms. The molecule has 0 radical (unpaired) electrons. The summed E-state index contributed by atoms with van der Waals surface area (Å²) in [4.78, 5) is 15.1. The average molecular weight is 397 g/mol. The first kappa shape index (κ1) is 17.7. The number of sulfone groups is 1. The van der Waals surface area contributed by atoms with Crippen molar-refractivity contribution in [3.8, 4) is 0 Å². The number of fused-ring (bicyclic) bond motifs is 3. The van der Waals surface area contributed by atoms with Gasteiger partial charge in [-0.1, -0.05) is 42.5 Å². The third-order valence-electron chi connectivity index (χ3n) is 6.72. The average Bonchev–Trinajstić information content (AvgIpc) is 3.37. The van der Waals surface area contributed by atoms with Gasteiger partial charge in [0.2, 0.25) is 0 Å². The fourth-order valence-corrected chi connectivity index (χ4v) is 7.16. The highest BCUT2D eigenvalue weighted by Crippen LogP contribution is 2.45. The summed E-state index contributed by atoms with van der Waals surface area (Å²) in [5, 5.41) is 3.00. The van der Waals surface area contributed by atoms with Crippen molar-refractivity contribution in [2.24, 2.45) is 0 Å². The first-order valence-electron chi connectivity index (χ1n) is 9.91. The number of aryl methyl sites for hydroxylation is 1. The SMILES string of the molecule is O=C(NCC1CS(=O)(=O)c2ccccc21)N1CCC2(CCc3ccccc32)C1.